The zero-order valence-corrected chi connectivity index (χ0v) is 11.0. The highest BCUT2D eigenvalue weighted by Crippen LogP contribution is 2.34. The lowest BCUT2D eigenvalue weighted by atomic mass is 10.2. The maximum Gasteiger partial charge on any atom is 0.243 e. The third-order valence-corrected chi connectivity index (χ3v) is 4.80. The van der Waals surface area contributed by atoms with Gasteiger partial charge in [-0.05, 0) is 30.0 Å². The second-order valence-electron chi connectivity index (χ2n) is 4.60. The third-order valence-electron chi connectivity index (χ3n) is 3.28. The second-order valence-corrected chi connectivity index (χ2v) is 6.28. The third kappa shape index (κ3) is 2.71. The Balaban J connectivity index is 2.19. The molecule has 2 unspecified atom stereocenters. The van der Waals surface area contributed by atoms with Crippen molar-refractivity contribution in [2.45, 2.75) is 37.2 Å². The molecule has 0 spiro atoms. The van der Waals surface area contributed by atoms with Gasteiger partial charge >= 0.3 is 0 Å². The number of nitrogens with two attached hydrogens (primary N) is 1. The molecule has 0 radical (unpaired) electrons. The Bertz CT molecular complexity index is 545. The molecule has 0 saturated heterocycles. The molecule has 0 amide bonds. The van der Waals surface area contributed by atoms with Gasteiger partial charge in [0, 0.05) is 12.6 Å². The van der Waals surface area contributed by atoms with Crippen molar-refractivity contribution < 1.29 is 12.8 Å². The van der Waals surface area contributed by atoms with Crippen LogP contribution in [-0.2, 0) is 16.6 Å². The van der Waals surface area contributed by atoms with Crippen molar-refractivity contribution >= 4 is 10.0 Å². The first-order chi connectivity index (χ1) is 8.47. The molecule has 1 aliphatic rings. The standard InChI is InChI=1S/C12H17FN2O2S/c1-2-9-6-11(9)15-18(16,17)12-4-3-8(7-14)5-10(12)13/h3-5,9,11,15H,2,6-7,14H2,1H3. The maximum atomic E-state index is 13.7. The van der Waals surface area contributed by atoms with Gasteiger partial charge in [-0.25, -0.2) is 17.5 Å². The lowest BCUT2D eigenvalue weighted by Crippen LogP contribution is -2.27. The number of benzene rings is 1. The number of halogens is 1. The van der Waals surface area contributed by atoms with Crippen LogP contribution in [0.3, 0.4) is 0 Å². The Labute approximate surface area is 106 Å². The van der Waals surface area contributed by atoms with Crippen molar-refractivity contribution in [2.24, 2.45) is 11.7 Å². The molecule has 0 aromatic heterocycles. The predicted octanol–water partition coefficient (Wildman–Crippen LogP) is 1.36. The van der Waals surface area contributed by atoms with E-state index in [-0.39, 0.29) is 17.5 Å². The van der Waals surface area contributed by atoms with E-state index in [1.165, 1.54) is 18.2 Å². The summed E-state index contributed by atoms with van der Waals surface area (Å²) in [6.07, 6.45) is 1.76. The maximum absolute atomic E-state index is 13.7. The number of sulfonamides is 1. The van der Waals surface area contributed by atoms with Crippen LogP contribution in [0.5, 0.6) is 0 Å². The summed E-state index contributed by atoms with van der Waals surface area (Å²) in [5.41, 5.74) is 5.95. The van der Waals surface area contributed by atoms with E-state index in [4.69, 9.17) is 5.73 Å². The molecule has 2 atom stereocenters. The Hall–Kier alpha value is -0.980. The van der Waals surface area contributed by atoms with Gasteiger partial charge in [0.1, 0.15) is 10.7 Å². The van der Waals surface area contributed by atoms with Gasteiger partial charge in [-0.1, -0.05) is 19.4 Å². The van der Waals surface area contributed by atoms with E-state index >= 15 is 0 Å². The molecule has 2 rings (SSSR count). The van der Waals surface area contributed by atoms with Crippen molar-refractivity contribution in [1.29, 1.82) is 0 Å². The molecule has 0 heterocycles. The van der Waals surface area contributed by atoms with Crippen molar-refractivity contribution in [2.75, 3.05) is 0 Å². The molecule has 3 N–H and O–H groups in total. The van der Waals surface area contributed by atoms with Crippen LogP contribution in [0.4, 0.5) is 4.39 Å². The summed E-state index contributed by atoms with van der Waals surface area (Å²) in [6.45, 7) is 2.20. The zero-order valence-electron chi connectivity index (χ0n) is 10.2. The van der Waals surface area contributed by atoms with Gasteiger partial charge in [-0.2, -0.15) is 0 Å². The summed E-state index contributed by atoms with van der Waals surface area (Å²) in [5, 5.41) is 0. The minimum Gasteiger partial charge on any atom is -0.326 e. The van der Waals surface area contributed by atoms with E-state index in [2.05, 4.69) is 4.72 Å². The normalized spacial score (nSPS) is 23.1. The van der Waals surface area contributed by atoms with Gasteiger partial charge in [0.05, 0.1) is 0 Å². The molecule has 1 aliphatic carbocycles. The minimum atomic E-state index is -3.76. The number of rotatable bonds is 5. The Morgan fingerprint density at radius 2 is 2.22 bits per heavy atom. The molecule has 18 heavy (non-hydrogen) atoms. The van der Waals surface area contributed by atoms with Crippen LogP contribution in [0.25, 0.3) is 0 Å². The van der Waals surface area contributed by atoms with Crippen LogP contribution in [0.15, 0.2) is 23.1 Å². The van der Waals surface area contributed by atoms with E-state index in [0.717, 1.165) is 12.8 Å². The van der Waals surface area contributed by atoms with E-state index in [1.807, 2.05) is 6.92 Å². The van der Waals surface area contributed by atoms with E-state index in [9.17, 15) is 12.8 Å². The lowest BCUT2D eigenvalue weighted by Gasteiger charge is -2.08. The van der Waals surface area contributed by atoms with Gasteiger partial charge in [0.2, 0.25) is 10.0 Å². The smallest absolute Gasteiger partial charge is 0.243 e. The second kappa shape index (κ2) is 4.95. The highest BCUT2D eigenvalue weighted by atomic mass is 32.2. The fourth-order valence-corrected chi connectivity index (χ4v) is 3.37. The molecule has 0 aliphatic heterocycles. The quantitative estimate of drug-likeness (QED) is 0.850. The average Bonchev–Trinajstić information content (AvgIpc) is 3.06. The first-order valence-corrected chi connectivity index (χ1v) is 7.47. The highest BCUT2D eigenvalue weighted by molar-refractivity contribution is 7.89. The molecule has 100 valence electrons. The lowest BCUT2D eigenvalue weighted by molar-refractivity contribution is 0.552. The summed E-state index contributed by atoms with van der Waals surface area (Å²) in [7, 11) is -3.76. The predicted molar refractivity (Wildman–Crippen MR) is 66.8 cm³/mol. The van der Waals surface area contributed by atoms with Crippen molar-refractivity contribution in [3.05, 3.63) is 29.6 Å². The van der Waals surface area contributed by atoms with Crippen LogP contribution in [-0.4, -0.2) is 14.5 Å². The summed E-state index contributed by atoms with van der Waals surface area (Å²) in [5.74, 6) is -0.370. The molecule has 1 aromatic rings. The zero-order chi connectivity index (χ0) is 13.3. The van der Waals surface area contributed by atoms with Crippen LogP contribution in [0.2, 0.25) is 0 Å². The number of nitrogens with one attached hydrogen (secondary N) is 1. The number of hydrogen-bond acceptors (Lipinski definition) is 3. The van der Waals surface area contributed by atoms with Crippen LogP contribution >= 0.6 is 0 Å². The first kappa shape index (κ1) is 13.5. The van der Waals surface area contributed by atoms with Gasteiger partial charge < -0.3 is 5.73 Å². The summed E-state index contributed by atoms with van der Waals surface area (Å²) >= 11 is 0. The first-order valence-electron chi connectivity index (χ1n) is 5.98. The Morgan fingerprint density at radius 3 is 2.72 bits per heavy atom. The molecule has 1 aromatic carbocycles. The van der Waals surface area contributed by atoms with Crippen LogP contribution in [0, 0.1) is 11.7 Å². The molecule has 4 nitrogen and oxygen atoms in total. The topological polar surface area (TPSA) is 72.2 Å². The molecule has 6 heteroatoms. The van der Waals surface area contributed by atoms with E-state index in [0.29, 0.717) is 11.5 Å². The summed E-state index contributed by atoms with van der Waals surface area (Å²) in [4.78, 5) is -0.304. The van der Waals surface area contributed by atoms with Crippen molar-refractivity contribution in [1.82, 2.24) is 4.72 Å². The van der Waals surface area contributed by atoms with Gasteiger partial charge in [0.25, 0.3) is 0 Å². The molecule has 0 bridgehead atoms. The molecular formula is C12H17FN2O2S. The molecular weight excluding hydrogens is 255 g/mol. The minimum absolute atomic E-state index is 0.0476. The summed E-state index contributed by atoms with van der Waals surface area (Å²) < 4.78 is 40.2. The highest BCUT2D eigenvalue weighted by Gasteiger charge is 2.39. The fraction of sp³-hybridized carbons (Fsp3) is 0.500. The fourth-order valence-electron chi connectivity index (χ4n) is 2.00. The van der Waals surface area contributed by atoms with Gasteiger partial charge in [-0.15, -0.1) is 0 Å². The van der Waals surface area contributed by atoms with Crippen molar-refractivity contribution in [3.8, 4) is 0 Å². The number of hydrogen-bond donors (Lipinski definition) is 2. The monoisotopic (exact) mass is 272 g/mol. The summed E-state index contributed by atoms with van der Waals surface area (Å²) in [6, 6.07) is 3.91. The molecule has 1 saturated carbocycles. The Morgan fingerprint density at radius 1 is 1.50 bits per heavy atom. The van der Waals surface area contributed by atoms with E-state index < -0.39 is 15.8 Å². The molecule has 1 fully saturated rings. The Kier molecular flexibility index (Phi) is 3.70. The van der Waals surface area contributed by atoms with Gasteiger partial charge in [0.15, 0.2) is 0 Å². The van der Waals surface area contributed by atoms with Gasteiger partial charge in [-0.3, -0.25) is 0 Å². The SMILES string of the molecule is CCC1CC1NS(=O)(=O)c1ccc(CN)cc1F. The largest absolute Gasteiger partial charge is 0.326 e. The van der Waals surface area contributed by atoms with Crippen LogP contribution < -0.4 is 10.5 Å². The van der Waals surface area contributed by atoms with Crippen LogP contribution in [0.1, 0.15) is 25.3 Å². The average molecular weight is 272 g/mol. The van der Waals surface area contributed by atoms with Crippen molar-refractivity contribution in [3.63, 3.8) is 0 Å². The van der Waals surface area contributed by atoms with E-state index in [1.54, 1.807) is 0 Å².